The van der Waals surface area contributed by atoms with Gasteiger partial charge in [-0.3, -0.25) is 4.79 Å². The van der Waals surface area contributed by atoms with Gasteiger partial charge in [0.2, 0.25) is 0 Å². The summed E-state index contributed by atoms with van der Waals surface area (Å²) in [5.41, 5.74) is -0.168. The summed E-state index contributed by atoms with van der Waals surface area (Å²) in [5.74, 6) is 0.609. The highest BCUT2D eigenvalue weighted by Gasteiger charge is 2.51. The molecule has 0 amide bonds. The fourth-order valence-corrected chi connectivity index (χ4v) is 3.02. The number of rotatable bonds is 0. The van der Waals surface area contributed by atoms with Crippen LogP contribution in [0.25, 0.3) is 0 Å². The molecular weight excluding hydrogens is 164 g/mol. The maximum absolute atomic E-state index is 11.8. The molecule has 0 aromatic carbocycles. The third-order valence-corrected chi connectivity index (χ3v) is 3.65. The Bertz CT molecular complexity index is 282. The Morgan fingerprint density at radius 1 is 1.46 bits per heavy atom. The van der Waals surface area contributed by atoms with Gasteiger partial charge in [-0.25, -0.2) is 0 Å². The lowest BCUT2D eigenvalue weighted by Crippen LogP contribution is -2.49. The average Bonchev–Trinajstić information content (AvgIpc) is 2.45. The predicted octanol–water partition coefficient (Wildman–Crippen LogP) is 1.84. The maximum atomic E-state index is 11.8. The molecule has 13 heavy (non-hydrogen) atoms. The lowest BCUT2D eigenvalue weighted by Gasteiger charge is -2.42. The first kappa shape index (κ1) is 7.74. The van der Waals surface area contributed by atoms with Crippen molar-refractivity contribution in [2.45, 2.75) is 43.8 Å². The number of fused-ring (bicyclic) bond motifs is 1. The Labute approximate surface area is 78.0 Å². The van der Waals surface area contributed by atoms with Crippen molar-refractivity contribution in [3.63, 3.8) is 0 Å². The summed E-state index contributed by atoms with van der Waals surface area (Å²) in [6.07, 6.45) is 9.45. The van der Waals surface area contributed by atoms with E-state index in [1.54, 1.807) is 0 Å². The smallest absolute Gasteiger partial charge is 0.142 e. The van der Waals surface area contributed by atoms with Crippen LogP contribution < -0.4 is 0 Å². The minimum absolute atomic E-state index is 0.0989. The van der Waals surface area contributed by atoms with E-state index in [9.17, 15) is 4.79 Å². The van der Waals surface area contributed by atoms with Crippen molar-refractivity contribution in [1.29, 1.82) is 0 Å². The fourth-order valence-electron chi connectivity index (χ4n) is 3.02. The minimum atomic E-state index is -0.168. The van der Waals surface area contributed by atoms with Crippen LogP contribution in [-0.2, 0) is 9.53 Å². The number of carbonyl (C=O) groups excluding carboxylic acids is 1. The van der Waals surface area contributed by atoms with E-state index in [4.69, 9.17) is 4.74 Å². The lowest BCUT2D eigenvalue weighted by atomic mass is 9.72. The third-order valence-electron chi connectivity index (χ3n) is 3.65. The molecule has 2 nitrogen and oxygen atoms in total. The van der Waals surface area contributed by atoms with Gasteiger partial charge in [0, 0.05) is 6.42 Å². The molecule has 1 aliphatic carbocycles. The van der Waals surface area contributed by atoms with Crippen LogP contribution in [0.5, 0.6) is 0 Å². The zero-order chi connectivity index (χ0) is 8.89. The van der Waals surface area contributed by atoms with Gasteiger partial charge in [0.05, 0.1) is 17.6 Å². The van der Waals surface area contributed by atoms with Crippen LogP contribution in [0, 0.1) is 5.92 Å². The van der Waals surface area contributed by atoms with Gasteiger partial charge in [-0.05, 0) is 12.8 Å². The molecule has 0 aromatic rings. The van der Waals surface area contributed by atoms with Crippen LogP contribution in [-0.4, -0.2) is 17.5 Å². The number of ether oxygens (including phenoxy) is 1. The highest BCUT2D eigenvalue weighted by molar-refractivity contribution is 5.85. The van der Waals surface area contributed by atoms with Crippen molar-refractivity contribution in [3.05, 3.63) is 12.2 Å². The molecule has 2 heteroatoms. The second kappa shape index (κ2) is 2.44. The maximum Gasteiger partial charge on any atom is 0.142 e. The summed E-state index contributed by atoms with van der Waals surface area (Å²) in [6, 6.07) is 0. The Morgan fingerprint density at radius 3 is 3.31 bits per heavy atom. The van der Waals surface area contributed by atoms with E-state index in [1.165, 1.54) is 12.8 Å². The Balaban J connectivity index is 2.00. The Morgan fingerprint density at radius 2 is 2.38 bits per heavy atom. The summed E-state index contributed by atoms with van der Waals surface area (Å²) in [7, 11) is 0. The number of hydrogen-bond donors (Lipinski definition) is 0. The van der Waals surface area contributed by atoms with E-state index in [0.29, 0.717) is 12.2 Å². The molecule has 1 saturated heterocycles. The van der Waals surface area contributed by atoms with Gasteiger partial charge < -0.3 is 4.74 Å². The van der Waals surface area contributed by atoms with Gasteiger partial charge in [-0.1, -0.05) is 25.0 Å². The summed E-state index contributed by atoms with van der Waals surface area (Å²) >= 11 is 0. The van der Waals surface area contributed by atoms with Crippen LogP contribution in [0.2, 0.25) is 0 Å². The average molecular weight is 178 g/mol. The topological polar surface area (TPSA) is 26.3 Å². The molecule has 0 radical (unpaired) electrons. The second-order valence-corrected chi connectivity index (χ2v) is 4.44. The molecule has 3 aliphatic rings. The molecule has 0 aromatic heterocycles. The van der Waals surface area contributed by atoms with Gasteiger partial charge in [-0.15, -0.1) is 0 Å². The molecule has 3 atom stereocenters. The largest absolute Gasteiger partial charge is 0.362 e. The monoisotopic (exact) mass is 178 g/mol. The first-order chi connectivity index (χ1) is 6.30. The number of ketones is 1. The van der Waals surface area contributed by atoms with E-state index >= 15 is 0 Å². The second-order valence-electron chi connectivity index (χ2n) is 4.44. The van der Waals surface area contributed by atoms with E-state index < -0.39 is 0 Å². The first-order valence-electron chi connectivity index (χ1n) is 5.20. The molecule has 1 spiro atoms. The van der Waals surface area contributed by atoms with Gasteiger partial charge in [0.1, 0.15) is 5.78 Å². The Kier molecular flexibility index (Phi) is 1.46. The van der Waals surface area contributed by atoms with E-state index in [-0.39, 0.29) is 17.6 Å². The third kappa shape index (κ3) is 0.953. The highest BCUT2D eigenvalue weighted by Crippen LogP contribution is 2.46. The summed E-state index contributed by atoms with van der Waals surface area (Å²) < 4.78 is 5.93. The molecule has 3 rings (SSSR count). The minimum Gasteiger partial charge on any atom is -0.362 e. The van der Waals surface area contributed by atoms with Crippen molar-refractivity contribution in [2.24, 2.45) is 5.92 Å². The van der Waals surface area contributed by atoms with Crippen LogP contribution in [0.15, 0.2) is 12.2 Å². The van der Waals surface area contributed by atoms with E-state index in [1.807, 2.05) is 0 Å². The fraction of sp³-hybridized carbons (Fsp3) is 0.727. The van der Waals surface area contributed by atoms with Crippen LogP contribution >= 0.6 is 0 Å². The molecular formula is C11H14O2. The number of carbonyl (C=O) groups is 1. The standard InChI is InChI=1S/C11H14O2/c12-10-7-8-4-6-11(13-8)5-2-1-3-9(10)11/h4,6,8-9H,1-3,5,7H2/t8-,9?,11+/m1/s1. The first-order valence-corrected chi connectivity index (χ1v) is 5.20. The molecule has 2 fully saturated rings. The molecule has 70 valence electrons. The quantitative estimate of drug-likeness (QED) is 0.529. The van der Waals surface area contributed by atoms with Crippen molar-refractivity contribution in [2.75, 3.05) is 0 Å². The van der Waals surface area contributed by atoms with Gasteiger partial charge in [0.25, 0.3) is 0 Å². The van der Waals surface area contributed by atoms with E-state index in [0.717, 1.165) is 12.8 Å². The summed E-state index contributed by atoms with van der Waals surface area (Å²) in [5, 5.41) is 0. The van der Waals surface area contributed by atoms with Crippen molar-refractivity contribution < 1.29 is 9.53 Å². The van der Waals surface area contributed by atoms with Gasteiger partial charge in [-0.2, -0.15) is 0 Å². The van der Waals surface area contributed by atoms with Crippen LogP contribution in [0.4, 0.5) is 0 Å². The van der Waals surface area contributed by atoms with Crippen LogP contribution in [0.1, 0.15) is 32.1 Å². The molecule has 1 unspecified atom stereocenters. The zero-order valence-corrected chi connectivity index (χ0v) is 7.66. The van der Waals surface area contributed by atoms with Crippen molar-refractivity contribution in [3.8, 4) is 0 Å². The molecule has 1 saturated carbocycles. The molecule has 2 heterocycles. The number of Topliss-reactive ketones (excluding diaryl/α,β-unsaturated/α-hetero) is 1. The van der Waals surface area contributed by atoms with E-state index in [2.05, 4.69) is 12.2 Å². The highest BCUT2D eigenvalue weighted by atomic mass is 16.5. The van der Waals surface area contributed by atoms with Crippen LogP contribution in [0.3, 0.4) is 0 Å². The van der Waals surface area contributed by atoms with Crippen molar-refractivity contribution in [1.82, 2.24) is 0 Å². The lowest BCUT2D eigenvalue weighted by molar-refractivity contribution is -0.156. The summed E-state index contributed by atoms with van der Waals surface area (Å²) in [4.78, 5) is 11.8. The number of hydrogen-bond acceptors (Lipinski definition) is 2. The van der Waals surface area contributed by atoms with Gasteiger partial charge in [0.15, 0.2) is 0 Å². The Hall–Kier alpha value is -0.630. The molecule has 0 N–H and O–H groups in total. The molecule has 2 aliphatic heterocycles. The summed E-state index contributed by atoms with van der Waals surface area (Å²) in [6.45, 7) is 0. The molecule has 2 bridgehead atoms. The normalized spacial score (nSPS) is 47.8. The zero-order valence-electron chi connectivity index (χ0n) is 7.66. The van der Waals surface area contributed by atoms with Crippen molar-refractivity contribution >= 4 is 5.78 Å². The SMILES string of the molecule is O=C1C[C@H]2C=C[C@]3(CCCCC13)O2. The van der Waals surface area contributed by atoms with Gasteiger partial charge >= 0.3 is 0 Å². The predicted molar refractivity (Wildman–Crippen MR) is 48.3 cm³/mol.